The molecule has 1 amide bonds. The van der Waals surface area contributed by atoms with Crippen LogP contribution in [0.15, 0.2) is 24.3 Å². The van der Waals surface area contributed by atoms with Gasteiger partial charge in [-0.15, -0.1) is 0 Å². The molecule has 2 rings (SSSR count). The normalized spacial score (nSPS) is 18.8. The number of hydrogen-bond acceptors (Lipinski definition) is 1. The molecule has 1 heterocycles. The second-order valence-electron chi connectivity index (χ2n) is 5.40. The van der Waals surface area contributed by atoms with Crippen molar-refractivity contribution in [1.82, 2.24) is 0 Å². The molecule has 0 N–H and O–H groups in total. The maximum atomic E-state index is 11.7. The fourth-order valence-electron chi connectivity index (χ4n) is 2.33. The van der Waals surface area contributed by atoms with Crippen molar-refractivity contribution in [2.75, 3.05) is 11.4 Å². The van der Waals surface area contributed by atoms with E-state index < -0.39 is 0 Å². The minimum atomic E-state index is 0.141. The molecule has 0 atom stereocenters. The number of anilines is 1. The van der Waals surface area contributed by atoms with E-state index in [1.807, 2.05) is 11.0 Å². The summed E-state index contributed by atoms with van der Waals surface area (Å²) in [5.74, 6) is 0.141. The Hall–Kier alpha value is -1.31. The summed E-state index contributed by atoms with van der Waals surface area (Å²) in [4.78, 5) is 13.6. The molecule has 0 radical (unpaired) electrons. The second kappa shape index (κ2) is 3.93. The molecule has 0 saturated heterocycles. The predicted molar refractivity (Wildman–Crippen MR) is 66.6 cm³/mol. The van der Waals surface area contributed by atoms with Crippen molar-refractivity contribution in [1.29, 1.82) is 0 Å². The minimum Gasteiger partial charge on any atom is -0.312 e. The summed E-state index contributed by atoms with van der Waals surface area (Å²) in [6.45, 7) is 6.93. The zero-order valence-corrected chi connectivity index (χ0v) is 10.3. The number of hydrogen-bond donors (Lipinski definition) is 0. The van der Waals surface area contributed by atoms with Gasteiger partial charge in [0.1, 0.15) is 0 Å². The maximum absolute atomic E-state index is 11.7. The topological polar surface area (TPSA) is 20.3 Å². The quantitative estimate of drug-likeness (QED) is 0.654. The van der Waals surface area contributed by atoms with Crippen LogP contribution in [0.1, 0.15) is 32.8 Å². The number of rotatable bonds is 0. The lowest BCUT2D eigenvalue weighted by Crippen LogP contribution is -2.36. The lowest BCUT2D eigenvalue weighted by atomic mass is 9.87. The molecule has 2 nitrogen and oxygen atoms in total. The molecule has 0 unspecified atom stereocenters. The molecule has 1 aromatic rings. The number of para-hydroxylation sites is 1. The molecule has 1 aliphatic heterocycles. The average Bonchev–Trinajstić information content (AvgIpc) is 2.36. The van der Waals surface area contributed by atoms with Gasteiger partial charge in [0, 0.05) is 19.2 Å². The molecule has 1 aliphatic rings. The van der Waals surface area contributed by atoms with Crippen molar-refractivity contribution < 1.29 is 4.79 Å². The Balaban J connectivity index is 2.45. The zero-order chi connectivity index (χ0) is 11.8. The van der Waals surface area contributed by atoms with E-state index in [2.05, 4.69) is 32.0 Å². The fraction of sp³-hybridized carbons (Fsp3) is 0.500. The smallest absolute Gasteiger partial charge is 0.223 e. The molecular formula is C14H19NO. The van der Waals surface area contributed by atoms with Crippen LogP contribution in [0.25, 0.3) is 0 Å². The number of carbonyl (C=O) groups excluding carboxylic acids is 1. The van der Waals surface area contributed by atoms with Gasteiger partial charge < -0.3 is 4.90 Å². The number of carbonyl (C=O) groups is 1. The van der Waals surface area contributed by atoms with Crippen molar-refractivity contribution in [3.8, 4) is 0 Å². The highest BCUT2D eigenvalue weighted by Gasteiger charge is 2.28. The third-order valence-corrected chi connectivity index (χ3v) is 3.32. The molecule has 0 spiro atoms. The Morgan fingerprint density at radius 1 is 1.31 bits per heavy atom. The van der Waals surface area contributed by atoms with E-state index in [1.54, 1.807) is 6.92 Å². The van der Waals surface area contributed by atoms with E-state index in [0.29, 0.717) is 0 Å². The first kappa shape index (κ1) is 11.2. The van der Waals surface area contributed by atoms with Gasteiger partial charge in [-0.25, -0.2) is 0 Å². The van der Waals surface area contributed by atoms with Crippen molar-refractivity contribution in [2.24, 2.45) is 5.41 Å². The monoisotopic (exact) mass is 217 g/mol. The van der Waals surface area contributed by atoms with Crippen LogP contribution in [0.4, 0.5) is 5.69 Å². The summed E-state index contributed by atoms with van der Waals surface area (Å²) in [7, 11) is 0. The lowest BCUT2D eigenvalue weighted by molar-refractivity contribution is -0.116. The van der Waals surface area contributed by atoms with Gasteiger partial charge in [-0.1, -0.05) is 32.0 Å². The van der Waals surface area contributed by atoms with Crippen LogP contribution in [0.2, 0.25) is 0 Å². The average molecular weight is 217 g/mol. The van der Waals surface area contributed by atoms with Gasteiger partial charge in [-0.05, 0) is 29.9 Å². The molecule has 0 aliphatic carbocycles. The van der Waals surface area contributed by atoms with E-state index in [0.717, 1.165) is 25.1 Å². The highest BCUT2D eigenvalue weighted by Crippen LogP contribution is 2.34. The SMILES string of the molecule is CC(=O)N1CC(C)(C)CCc2ccccc21. The first-order valence-electron chi connectivity index (χ1n) is 5.86. The predicted octanol–water partition coefficient (Wildman–Crippen LogP) is 3.01. The summed E-state index contributed by atoms with van der Waals surface area (Å²) in [5.41, 5.74) is 2.59. The molecule has 86 valence electrons. The summed E-state index contributed by atoms with van der Waals surface area (Å²) in [6.07, 6.45) is 2.20. The van der Waals surface area contributed by atoms with Gasteiger partial charge >= 0.3 is 0 Å². The molecule has 0 aromatic heterocycles. The minimum absolute atomic E-state index is 0.141. The summed E-state index contributed by atoms with van der Waals surface area (Å²) in [6, 6.07) is 8.24. The number of benzene rings is 1. The van der Waals surface area contributed by atoms with Gasteiger partial charge in [0.25, 0.3) is 0 Å². The van der Waals surface area contributed by atoms with E-state index in [-0.39, 0.29) is 11.3 Å². The molecule has 1 aromatic carbocycles. The summed E-state index contributed by atoms with van der Waals surface area (Å²) in [5, 5.41) is 0. The second-order valence-corrected chi connectivity index (χ2v) is 5.40. The standard InChI is InChI=1S/C14H19NO/c1-11(16)15-10-14(2,3)9-8-12-6-4-5-7-13(12)15/h4-7H,8-10H2,1-3H3. The first-order chi connectivity index (χ1) is 7.49. The highest BCUT2D eigenvalue weighted by atomic mass is 16.2. The largest absolute Gasteiger partial charge is 0.312 e. The molecule has 0 saturated carbocycles. The van der Waals surface area contributed by atoms with Crippen molar-refractivity contribution in [3.05, 3.63) is 29.8 Å². The molecule has 0 fully saturated rings. The summed E-state index contributed by atoms with van der Waals surface area (Å²) >= 11 is 0. The van der Waals surface area contributed by atoms with Crippen molar-refractivity contribution >= 4 is 11.6 Å². The molecule has 16 heavy (non-hydrogen) atoms. The lowest BCUT2D eigenvalue weighted by Gasteiger charge is -2.29. The maximum Gasteiger partial charge on any atom is 0.223 e. The van der Waals surface area contributed by atoms with Crippen LogP contribution in [0.3, 0.4) is 0 Å². The Bertz CT molecular complexity index is 409. The zero-order valence-electron chi connectivity index (χ0n) is 10.3. The third kappa shape index (κ3) is 2.11. The van der Waals surface area contributed by atoms with Gasteiger partial charge in [-0.2, -0.15) is 0 Å². The van der Waals surface area contributed by atoms with Crippen molar-refractivity contribution in [2.45, 2.75) is 33.6 Å². The van der Waals surface area contributed by atoms with Crippen LogP contribution in [0.5, 0.6) is 0 Å². The molecular weight excluding hydrogens is 198 g/mol. The van der Waals surface area contributed by atoms with E-state index in [4.69, 9.17) is 0 Å². The van der Waals surface area contributed by atoms with E-state index >= 15 is 0 Å². The Labute approximate surface area is 97.3 Å². The van der Waals surface area contributed by atoms with Gasteiger partial charge in [0.05, 0.1) is 0 Å². The first-order valence-corrected chi connectivity index (χ1v) is 5.86. The molecule has 2 heteroatoms. The van der Waals surface area contributed by atoms with Gasteiger partial charge in [0.15, 0.2) is 0 Å². The van der Waals surface area contributed by atoms with Gasteiger partial charge in [0.2, 0.25) is 5.91 Å². The molecule has 0 bridgehead atoms. The van der Waals surface area contributed by atoms with Crippen LogP contribution in [-0.4, -0.2) is 12.5 Å². The van der Waals surface area contributed by atoms with Crippen LogP contribution in [0, 0.1) is 5.41 Å². The fourth-order valence-corrected chi connectivity index (χ4v) is 2.33. The van der Waals surface area contributed by atoms with E-state index in [9.17, 15) is 4.79 Å². The van der Waals surface area contributed by atoms with Gasteiger partial charge in [-0.3, -0.25) is 4.79 Å². The summed E-state index contributed by atoms with van der Waals surface area (Å²) < 4.78 is 0. The number of amides is 1. The van der Waals surface area contributed by atoms with Crippen molar-refractivity contribution in [3.63, 3.8) is 0 Å². The van der Waals surface area contributed by atoms with Crippen LogP contribution < -0.4 is 4.90 Å². The van der Waals surface area contributed by atoms with Crippen LogP contribution >= 0.6 is 0 Å². The highest BCUT2D eigenvalue weighted by molar-refractivity contribution is 5.92. The Morgan fingerprint density at radius 2 is 2.00 bits per heavy atom. The van der Waals surface area contributed by atoms with E-state index in [1.165, 1.54) is 5.56 Å². The number of aryl methyl sites for hydroxylation is 1. The third-order valence-electron chi connectivity index (χ3n) is 3.32. The Kier molecular flexibility index (Phi) is 2.75. The number of nitrogens with zero attached hydrogens (tertiary/aromatic N) is 1. The Morgan fingerprint density at radius 3 is 2.69 bits per heavy atom. The van der Waals surface area contributed by atoms with Crippen LogP contribution in [-0.2, 0) is 11.2 Å². The number of fused-ring (bicyclic) bond motifs is 1.